The van der Waals surface area contributed by atoms with Gasteiger partial charge in [-0.2, -0.15) is 0 Å². The average molecular weight is 207 g/mol. The van der Waals surface area contributed by atoms with E-state index in [4.69, 9.17) is 9.47 Å². The van der Waals surface area contributed by atoms with E-state index in [0.717, 1.165) is 24.7 Å². The maximum Gasteiger partial charge on any atom is 0.127 e. The largest absolute Gasteiger partial charge is 0.494 e. The van der Waals surface area contributed by atoms with Crippen molar-refractivity contribution in [2.75, 3.05) is 19.8 Å². The van der Waals surface area contributed by atoms with Crippen LogP contribution in [0.25, 0.3) is 0 Å². The highest BCUT2D eigenvalue weighted by molar-refractivity contribution is 5.44. The number of ether oxygens (including phenoxy) is 2. The highest BCUT2D eigenvalue weighted by atomic mass is 16.5. The minimum absolute atomic E-state index is 0.334. The van der Waals surface area contributed by atoms with Gasteiger partial charge in [0.25, 0.3) is 0 Å². The lowest BCUT2D eigenvalue weighted by molar-refractivity contribution is 0.309. The quantitative estimate of drug-likeness (QED) is 0.820. The molecule has 82 valence electrons. The van der Waals surface area contributed by atoms with Gasteiger partial charge in [0.05, 0.1) is 12.6 Å². The van der Waals surface area contributed by atoms with Crippen LogP contribution in [0.15, 0.2) is 18.2 Å². The van der Waals surface area contributed by atoms with Crippen LogP contribution in [-0.4, -0.2) is 19.8 Å². The highest BCUT2D eigenvalue weighted by Crippen LogP contribution is 2.35. The molecule has 1 atom stereocenters. The highest BCUT2D eigenvalue weighted by Gasteiger charge is 2.23. The molecule has 0 saturated heterocycles. The van der Waals surface area contributed by atoms with Crippen LogP contribution >= 0.6 is 0 Å². The van der Waals surface area contributed by atoms with Crippen LogP contribution in [0.3, 0.4) is 0 Å². The molecular formula is C12H17NO2. The van der Waals surface area contributed by atoms with E-state index in [9.17, 15) is 0 Å². The maximum atomic E-state index is 5.61. The first-order valence-corrected chi connectivity index (χ1v) is 5.48. The zero-order valence-corrected chi connectivity index (χ0v) is 9.25. The predicted molar refractivity (Wildman–Crippen MR) is 59.5 cm³/mol. The summed E-state index contributed by atoms with van der Waals surface area (Å²) in [4.78, 5) is 0. The van der Waals surface area contributed by atoms with Gasteiger partial charge in [0.1, 0.15) is 18.1 Å². The van der Waals surface area contributed by atoms with E-state index < -0.39 is 0 Å². The van der Waals surface area contributed by atoms with Gasteiger partial charge in [0.15, 0.2) is 0 Å². The molecule has 1 aliphatic heterocycles. The Balaban J connectivity index is 2.18. The van der Waals surface area contributed by atoms with Crippen molar-refractivity contribution in [3.8, 4) is 11.5 Å². The van der Waals surface area contributed by atoms with Gasteiger partial charge in [-0.1, -0.05) is 6.92 Å². The molecule has 0 radical (unpaired) electrons. The van der Waals surface area contributed by atoms with Crippen LogP contribution in [0.5, 0.6) is 11.5 Å². The maximum absolute atomic E-state index is 5.61. The van der Waals surface area contributed by atoms with Crippen molar-refractivity contribution in [1.29, 1.82) is 0 Å². The summed E-state index contributed by atoms with van der Waals surface area (Å²) in [6, 6.07) is 6.39. The first-order valence-electron chi connectivity index (χ1n) is 5.48. The van der Waals surface area contributed by atoms with Crippen LogP contribution in [0.1, 0.15) is 25.5 Å². The van der Waals surface area contributed by atoms with Crippen molar-refractivity contribution in [2.24, 2.45) is 0 Å². The number of fused-ring (bicyclic) bond motifs is 1. The zero-order chi connectivity index (χ0) is 10.7. The zero-order valence-electron chi connectivity index (χ0n) is 9.25. The third kappa shape index (κ3) is 2.07. The molecule has 1 aromatic carbocycles. The van der Waals surface area contributed by atoms with Gasteiger partial charge in [-0.3, -0.25) is 0 Å². The topological polar surface area (TPSA) is 30.5 Å². The lowest BCUT2D eigenvalue weighted by Gasteiger charge is -2.09. The summed E-state index contributed by atoms with van der Waals surface area (Å²) in [5, 5.41) is 3.39. The van der Waals surface area contributed by atoms with E-state index in [2.05, 4.69) is 18.3 Å². The van der Waals surface area contributed by atoms with Crippen molar-refractivity contribution in [1.82, 2.24) is 5.32 Å². The molecule has 0 fully saturated rings. The summed E-state index contributed by atoms with van der Waals surface area (Å²) in [7, 11) is 0. The van der Waals surface area contributed by atoms with E-state index in [-0.39, 0.29) is 0 Å². The molecule has 0 saturated carbocycles. The molecule has 1 heterocycles. The first-order chi connectivity index (χ1) is 7.35. The number of rotatable bonds is 4. The third-order valence-electron chi connectivity index (χ3n) is 2.53. The Morgan fingerprint density at radius 2 is 2.33 bits per heavy atom. The number of benzene rings is 1. The van der Waals surface area contributed by atoms with Crippen LogP contribution < -0.4 is 14.8 Å². The molecule has 0 bridgehead atoms. The molecule has 0 aromatic heterocycles. The van der Waals surface area contributed by atoms with Gasteiger partial charge in [0.2, 0.25) is 0 Å². The summed E-state index contributed by atoms with van der Waals surface area (Å²) in [5.74, 6) is 1.83. The Kier molecular flexibility index (Phi) is 3.11. The van der Waals surface area contributed by atoms with Crippen molar-refractivity contribution < 1.29 is 9.47 Å². The molecule has 1 aliphatic rings. The van der Waals surface area contributed by atoms with Crippen LogP contribution in [0.4, 0.5) is 0 Å². The van der Waals surface area contributed by atoms with Gasteiger partial charge in [-0.25, -0.2) is 0 Å². The molecule has 2 rings (SSSR count). The van der Waals surface area contributed by atoms with Crippen molar-refractivity contribution in [3.63, 3.8) is 0 Å². The summed E-state index contributed by atoms with van der Waals surface area (Å²) in [6.07, 6.45) is 0. The average Bonchev–Trinajstić information content (AvgIpc) is 2.62. The summed E-state index contributed by atoms with van der Waals surface area (Å²) < 4.78 is 11.0. The Morgan fingerprint density at radius 3 is 3.07 bits per heavy atom. The molecule has 0 aliphatic carbocycles. The second kappa shape index (κ2) is 4.53. The third-order valence-corrected chi connectivity index (χ3v) is 2.53. The fourth-order valence-corrected chi connectivity index (χ4v) is 1.86. The predicted octanol–water partition coefficient (Wildman–Crippen LogP) is 2.13. The summed E-state index contributed by atoms with van der Waals surface area (Å²) >= 11 is 0. The van der Waals surface area contributed by atoms with Crippen molar-refractivity contribution in [2.45, 2.75) is 19.9 Å². The van der Waals surface area contributed by atoms with E-state index in [0.29, 0.717) is 12.6 Å². The first kappa shape index (κ1) is 10.3. The molecule has 3 heteroatoms. The lowest BCUT2D eigenvalue weighted by Crippen LogP contribution is -2.21. The van der Waals surface area contributed by atoms with E-state index in [1.165, 1.54) is 5.56 Å². The lowest BCUT2D eigenvalue weighted by atomic mass is 10.1. The molecular weight excluding hydrogens is 190 g/mol. The van der Waals surface area contributed by atoms with Gasteiger partial charge in [0, 0.05) is 11.6 Å². The van der Waals surface area contributed by atoms with Crippen LogP contribution in [0, 0.1) is 0 Å². The van der Waals surface area contributed by atoms with Crippen molar-refractivity contribution >= 4 is 0 Å². The fourth-order valence-electron chi connectivity index (χ4n) is 1.86. The molecule has 1 unspecified atom stereocenters. The second-order valence-electron chi connectivity index (χ2n) is 3.55. The van der Waals surface area contributed by atoms with Gasteiger partial charge >= 0.3 is 0 Å². The van der Waals surface area contributed by atoms with Crippen LogP contribution in [0.2, 0.25) is 0 Å². The van der Waals surface area contributed by atoms with E-state index in [1.54, 1.807) is 0 Å². The molecule has 1 N–H and O–H groups in total. The van der Waals surface area contributed by atoms with E-state index in [1.807, 2.05) is 19.1 Å². The Hall–Kier alpha value is -1.22. The normalized spacial score (nSPS) is 18.4. The fraction of sp³-hybridized carbons (Fsp3) is 0.500. The number of likely N-dealkylation sites (N-methyl/N-ethyl adjacent to an activating group) is 1. The molecule has 3 nitrogen and oxygen atoms in total. The minimum Gasteiger partial charge on any atom is -0.494 e. The van der Waals surface area contributed by atoms with Gasteiger partial charge < -0.3 is 14.8 Å². The smallest absolute Gasteiger partial charge is 0.127 e. The summed E-state index contributed by atoms with van der Waals surface area (Å²) in [6.45, 7) is 6.46. The van der Waals surface area contributed by atoms with Crippen LogP contribution in [-0.2, 0) is 0 Å². The second-order valence-corrected chi connectivity index (χ2v) is 3.55. The Morgan fingerprint density at radius 1 is 1.47 bits per heavy atom. The molecule has 0 amide bonds. The van der Waals surface area contributed by atoms with Gasteiger partial charge in [-0.05, 0) is 25.6 Å². The molecule has 1 aromatic rings. The number of hydrogen-bond donors (Lipinski definition) is 1. The van der Waals surface area contributed by atoms with Crippen molar-refractivity contribution in [3.05, 3.63) is 23.8 Å². The minimum atomic E-state index is 0.334. The van der Waals surface area contributed by atoms with E-state index >= 15 is 0 Å². The number of nitrogens with one attached hydrogen (secondary N) is 1. The Labute approximate surface area is 90.4 Å². The Bertz CT molecular complexity index is 338. The molecule has 15 heavy (non-hydrogen) atoms. The monoisotopic (exact) mass is 207 g/mol. The van der Waals surface area contributed by atoms with Gasteiger partial charge in [-0.15, -0.1) is 0 Å². The standard InChI is InChI=1S/C12H17NO2/c1-3-13-11-8-15-12-7-9(14-4-2)5-6-10(11)12/h5-7,11,13H,3-4,8H2,1-2H3. The summed E-state index contributed by atoms with van der Waals surface area (Å²) in [5.41, 5.74) is 1.24. The number of hydrogen-bond acceptors (Lipinski definition) is 3. The SMILES string of the molecule is CCNC1COc2cc(OCC)ccc21. The molecule has 0 spiro atoms.